The summed E-state index contributed by atoms with van der Waals surface area (Å²) in [5, 5.41) is 23.4. The zero-order valence-electron chi connectivity index (χ0n) is 30.8. The summed E-state index contributed by atoms with van der Waals surface area (Å²) >= 11 is 0. The van der Waals surface area contributed by atoms with E-state index in [4.69, 9.17) is 29.0 Å². The number of nitrogens with two attached hydrogens (primary N) is 1. The second-order valence-electron chi connectivity index (χ2n) is 13.7. The van der Waals surface area contributed by atoms with Gasteiger partial charge in [0.2, 0.25) is 0 Å². The summed E-state index contributed by atoms with van der Waals surface area (Å²) < 4.78 is 57.0. The molecule has 1 saturated heterocycles. The van der Waals surface area contributed by atoms with Gasteiger partial charge in [0.05, 0.1) is 37.1 Å². The molecule has 4 rings (SSSR count). The quantitative estimate of drug-likeness (QED) is 0.0591. The van der Waals surface area contributed by atoms with Crippen LogP contribution in [0.2, 0.25) is 0 Å². The molecule has 1 aliphatic heterocycles. The highest BCUT2D eigenvalue weighted by molar-refractivity contribution is 7.47. The zero-order valence-corrected chi connectivity index (χ0v) is 31.7. The molecule has 3 aromatic rings. The molecule has 53 heavy (non-hydrogen) atoms. The Labute approximate surface area is 312 Å². The van der Waals surface area contributed by atoms with Crippen molar-refractivity contribution in [3.05, 3.63) is 59.3 Å². The molecule has 0 aliphatic carbocycles. The first kappa shape index (κ1) is 42.3. The van der Waals surface area contributed by atoms with Crippen molar-refractivity contribution in [1.82, 2.24) is 14.6 Å². The fourth-order valence-corrected chi connectivity index (χ4v) is 7.19. The maximum absolute atomic E-state index is 14.0. The molecule has 15 heteroatoms. The van der Waals surface area contributed by atoms with Gasteiger partial charge in [-0.2, -0.15) is 15.6 Å². The molecule has 13 nitrogen and oxygen atoms in total. The van der Waals surface area contributed by atoms with Gasteiger partial charge >= 0.3 is 7.82 Å². The van der Waals surface area contributed by atoms with Crippen LogP contribution in [0.5, 0.6) is 0 Å². The molecule has 0 saturated carbocycles. The number of anilines is 1. The second kappa shape index (κ2) is 22.0. The number of fused-ring (bicyclic) bond motifs is 1. The summed E-state index contributed by atoms with van der Waals surface area (Å²) in [6.07, 6.45) is 16.7. The molecule has 0 bridgehead atoms. The number of rotatable bonds is 26. The molecule has 4 atom stereocenters. The van der Waals surface area contributed by atoms with E-state index >= 15 is 0 Å². The lowest BCUT2D eigenvalue weighted by atomic mass is 10.0. The smallest absolute Gasteiger partial charge is 0.382 e. The van der Waals surface area contributed by atoms with Crippen molar-refractivity contribution in [2.45, 2.75) is 128 Å². The lowest BCUT2D eigenvalue weighted by molar-refractivity contribution is -0.0590. The van der Waals surface area contributed by atoms with Crippen LogP contribution in [0.25, 0.3) is 5.52 Å². The van der Waals surface area contributed by atoms with Crippen LogP contribution in [-0.2, 0) is 34.4 Å². The van der Waals surface area contributed by atoms with Crippen LogP contribution in [0.3, 0.4) is 0 Å². The van der Waals surface area contributed by atoms with E-state index < -0.39 is 38.1 Å². The van der Waals surface area contributed by atoms with Gasteiger partial charge in [-0.15, -0.1) is 0 Å². The number of phosphoric ester groups is 1. The van der Waals surface area contributed by atoms with Gasteiger partial charge in [0, 0.05) is 6.61 Å². The summed E-state index contributed by atoms with van der Waals surface area (Å²) in [6, 6.07) is 11.4. The van der Waals surface area contributed by atoms with Crippen LogP contribution in [-0.4, -0.2) is 57.6 Å². The molecule has 2 aromatic heterocycles. The average Bonchev–Trinajstić information content (AvgIpc) is 3.79. The molecule has 0 spiro atoms. The molecule has 1 aliphatic rings. The predicted octanol–water partition coefficient (Wildman–Crippen LogP) is 8.26. The van der Waals surface area contributed by atoms with Crippen molar-refractivity contribution in [2.24, 2.45) is 0 Å². The first-order valence-corrected chi connectivity index (χ1v) is 20.3. The Morgan fingerprint density at radius 1 is 1.04 bits per heavy atom. The number of ether oxygens (including phenoxy) is 3. The topological polar surface area (TPSA) is 187 Å². The van der Waals surface area contributed by atoms with Gasteiger partial charge in [0.1, 0.15) is 42.5 Å². The lowest BCUT2D eigenvalue weighted by Gasteiger charge is -2.24. The fraction of sp³-hybridized carbons (Fsp3) is 0.632. The molecule has 0 amide bonds. The van der Waals surface area contributed by atoms with Crippen LogP contribution in [0, 0.1) is 28.5 Å². The lowest BCUT2D eigenvalue weighted by Crippen LogP contribution is -2.32. The molecular weight excluding hydrogens is 702 g/mol. The molecule has 0 radical (unpaired) electrons. The fourth-order valence-electron chi connectivity index (χ4n) is 6.39. The number of unbranched alkanes of at least 4 members (excludes halogenated alkanes) is 12. The largest absolute Gasteiger partial charge is 0.472 e. The highest BCUT2D eigenvalue weighted by atomic mass is 31.2. The van der Waals surface area contributed by atoms with Gasteiger partial charge in [0.25, 0.3) is 0 Å². The Bertz CT molecular complexity index is 1700. The maximum Gasteiger partial charge on any atom is 0.472 e. The van der Waals surface area contributed by atoms with E-state index in [9.17, 15) is 24.4 Å². The minimum absolute atomic E-state index is 0.0466. The Morgan fingerprint density at radius 2 is 1.74 bits per heavy atom. The first-order chi connectivity index (χ1) is 25.7. The molecular formula is C38H54FN6O7P. The summed E-state index contributed by atoms with van der Waals surface area (Å²) in [6.45, 7) is 1.78. The molecule has 3 N–H and O–H groups in total. The highest BCUT2D eigenvalue weighted by Crippen LogP contribution is 2.47. The SMILES string of the molecule is CCCCCCCCCCCCCCCOC[C@H](COP(=O)(O)OC[C@]1(C#N)CC[C@H](c2ccc3c(N)ncnn23)O1)OCc1cc(F)cc(C#N)c1. The Kier molecular flexibility index (Phi) is 17.6. The molecule has 1 fully saturated rings. The number of hydrogen-bond donors (Lipinski definition) is 2. The van der Waals surface area contributed by atoms with Gasteiger partial charge in [-0.25, -0.2) is 18.5 Å². The van der Waals surface area contributed by atoms with Crippen molar-refractivity contribution < 1.29 is 37.1 Å². The van der Waals surface area contributed by atoms with E-state index in [2.05, 4.69) is 23.1 Å². The van der Waals surface area contributed by atoms with Crippen molar-refractivity contribution in [3.63, 3.8) is 0 Å². The monoisotopic (exact) mass is 756 g/mol. The number of phosphoric acid groups is 1. The number of halogens is 1. The number of nitriles is 2. The van der Waals surface area contributed by atoms with Gasteiger partial charge in [-0.05, 0) is 55.2 Å². The van der Waals surface area contributed by atoms with Crippen LogP contribution in [0.1, 0.15) is 126 Å². The normalized spacial score (nSPS) is 18.8. The second-order valence-corrected chi connectivity index (χ2v) is 15.2. The third kappa shape index (κ3) is 14.0. The number of nitrogen functional groups attached to an aromatic ring is 1. The predicted molar refractivity (Wildman–Crippen MR) is 197 cm³/mol. The highest BCUT2D eigenvalue weighted by Gasteiger charge is 2.44. The standard InChI is InChI=1S/C38H54FN6O7P/c1-2-3-4-5-6-7-8-9-10-11-12-13-14-19-48-25-33(49-24-31-20-30(23-40)21-32(39)22-31)26-50-53(46,47)51-28-38(27-41)18-17-36(52-38)34-15-16-35-37(42)43-29-44-45(34)35/h15-16,20-22,29,33,36H,2-14,17-19,24-26,28H2,1H3,(H,46,47)(H2,42,43,44)/t33-,36-,38-/m1/s1. The van der Waals surface area contributed by atoms with Gasteiger partial charge in [-0.3, -0.25) is 9.05 Å². The third-order valence-electron chi connectivity index (χ3n) is 9.38. The number of nitrogens with zero attached hydrogens (tertiary/aromatic N) is 5. The molecule has 1 aromatic carbocycles. The average molecular weight is 757 g/mol. The summed E-state index contributed by atoms with van der Waals surface area (Å²) in [4.78, 5) is 14.6. The zero-order chi connectivity index (χ0) is 37.9. The number of aromatic nitrogens is 3. The van der Waals surface area contributed by atoms with Crippen LogP contribution >= 0.6 is 7.82 Å². The summed E-state index contributed by atoms with van der Waals surface area (Å²) in [7, 11) is -4.68. The van der Waals surface area contributed by atoms with Crippen molar-refractivity contribution in [1.29, 1.82) is 10.5 Å². The number of benzene rings is 1. The minimum Gasteiger partial charge on any atom is -0.382 e. The Hall–Kier alpha value is -3.46. The molecule has 1 unspecified atom stereocenters. The van der Waals surface area contributed by atoms with E-state index in [-0.39, 0.29) is 31.8 Å². The Balaban J connectivity index is 1.21. The van der Waals surface area contributed by atoms with Crippen molar-refractivity contribution in [3.8, 4) is 12.1 Å². The Morgan fingerprint density at radius 3 is 2.42 bits per heavy atom. The summed E-state index contributed by atoms with van der Waals surface area (Å²) in [5.74, 6) is -0.277. The third-order valence-corrected chi connectivity index (χ3v) is 10.3. The van der Waals surface area contributed by atoms with E-state index in [1.165, 1.54) is 82.7 Å². The van der Waals surface area contributed by atoms with E-state index in [1.807, 2.05) is 6.07 Å². The van der Waals surface area contributed by atoms with Gasteiger partial charge < -0.3 is 24.8 Å². The van der Waals surface area contributed by atoms with Crippen LogP contribution < -0.4 is 5.73 Å². The van der Waals surface area contributed by atoms with Crippen LogP contribution in [0.4, 0.5) is 10.2 Å². The number of hydrogen-bond acceptors (Lipinski definition) is 11. The summed E-state index contributed by atoms with van der Waals surface area (Å²) in [5.41, 5.74) is 6.26. The van der Waals surface area contributed by atoms with Gasteiger partial charge in [0.15, 0.2) is 11.4 Å². The van der Waals surface area contributed by atoms with Gasteiger partial charge in [-0.1, -0.05) is 84.0 Å². The van der Waals surface area contributed by atoms with Crippen molar-refractivity contribution in [2.75, 3.05) is 32.2 Å². The van der Waals surface area contributed by atoms with Crippen molar-refractivity contribution >= 4 is 19.2 Å². The molecule has 3 heterocycles. The molecule has 290 valence electrons. The van der Waals surface area contributed by atoms with E-state index in [0.29, 0.717) is 35.6 Å². The van der Waals surface area contributed by atoms with Crippen LogP contribution in [0.15, 0.2) is 36.7 Å². The maximum atomic E-state index is 14.0. The minimum atomic E-state index is -4.68. The van der Waals surface area contributed by atoms with E-state index in [1.54, 1.807) is 16.6 Å². The van der Waals surface area contributed by atoms with E-state index in [0.717, 1.165) is 25.3 Å². The first-order valence-electron chi connectivity index (χ1n) is 18.9.